The topological polar surface area (TPSA) is 75.4 Å². The van der Waals surface area contributed by atoms with E-state index in [-0.39, 0.29) is 23.7 Å². The Morgan fingerprint density at radius 2 is 2.00 bits per heavy atom. The number of rotatable bonds is 3. The van der Waals surface area contributed by atoms with Crippen LogP contribution in [0, 0.1) is 0 Å². The zero-order valence-corrected chi connectivity index (χ0v) is 14.4. The van der Waals surface area contributed by atoms with Gasteiger partial charge in [0.05, 0.1) is 6.42 Å². The summed E-state index contributed by atoms with van der Waals surface area (Å²) in [6, 6.07) is 7.94. The molecule has 1 unspecified atom stereocenters. The number of anilines is 2. The molecule has 0 aliphatic carbocycles. The zero-order valence-electron chi connectivity index (χ0n) is 13.7. The average Bonchev–Trinajstić information content (AvgIpc) is 2.95. The van der Waals surface area contributed by atoms with Gasteiger partial charge in [-0.25, -0.2) is 0 Å². The second-order valence-electron chi connectivity index (χ2n) is 6.78. The molecule has 1 saturated heterocycles. The zero-order chi connectivity index (χ0) is 17.5. The van der Waals surface area contributed by atoms with Gasteiger partial charge in [-0.05, 0) is 24.3 Å². The number of carbonyl (C=O) groups excluding carboxylic acids is 2. The summed E-state index contributed by atoms with van der Waals surface area (Å²) in [5.74, 6) is 0.628. The van der Waals surface area contributed by atoms with Gasteiger partial charge in [-0.2, -0.15) is 0 Å². The molecule has 1 fully saturated rings. The predicted molar refractivity (Wildman–Crippen MR) is 91.2 cm³/mol. The number of nitrogens with zero attached hydrogens (tertiary/aromatic N) is 2. The molecule has 2 aromatic rings. The number of benzene rings is 1. The van der Waals surface area contributed by atoms with E-state index in [1.165, 1.54) is 4.90 Å². The quantitative estimate of drug-likeness (QED) is 0.864. The van der Waals surface area contributed by atoms with Crippen molar-refractivity contribution in [3.05, 3.63) is 41.1 Å². The lowest BCUT2D eigenvalue weighted by Gasteiger charge is -2.38. The van der Waals surface area contributed by atoms with E-state index in [1.807, 2.05) is 20.8 Å². The van der Waals surface area contributed by atoms with Gasteiger partial charge < -0.3 is 9.84 Å². The Labute approximate surface area is 144 Å². The van der Waals surface area contributed by atoms with Gasteiger partial charge in [0.1, 0.15) is 11.8 Å². The van der Waals surface area contributed by atoms with Crippen molar-refractivity contribution in [2.75, 3.05) is 10.2 Å². The van der Waals surface area contributed by atoms with Crippen molar-refractivity contribution in [3.8, 4) is 0 Å². The second-order valence-corrected chi connectivity index (χ2v) is 7.21. The van der Waals surface area contributed by atoms with Crippen LogP contribution in [0.4, 0.5) is 11.5 Å². The molecule has 2 amide bonds. The molecule has 1 aliphatic heterocycles. The minimum absolute atomic E-state index is 0.104. The fourth-order valence-corrected chi connectivity index (χ4v) is 2.58. The number of halogens is 1. The van der Waals surface area contributed by atoms with Gasteiger partial charge in [0.25, 0.3) is 0 Å². The van der Waals surface area contributed by atoms with Crippen molar-refractivity contribution >= 4 is 34.9 Å². The lowest BCUT2D eigenvalue weighted by atomic mass is 9.93. The van der Waals surface area contributed by atoms with E-state index in [2.05, 4.69) is 10.5 Å². The summed E-state index contributed by atoms with van der Waals surface area (Å²) in [4.78, 5) is 25.8. The van der Waals surface area contributed by atoms with Gasteiger partial charge in [-0.1, -0.05) is 37.5 Å². The van der Waals surface area contributed by atoms with E-state index in [0.29, 0.717) is 22.3 Å². The van der Waals surface area contributed by atoms with Crippen molar-refractivity contribution in [3.63, 3.8) is 0 Å². The maximum Gasteiger partial charge on any atom is 0.249 e. The summed E-state index contributed by atoms with van der Waals surface area (Å²) in [5.41, 5.74) is 0.448. The summed E-state index contributed by atoms with van der Waals surface area (Å²) >= 11 is 5.86. The van der Waals surface area contributed by atoms with Crippen LogP contribution >= 0.6 is 11.6 Å². The van der Waals surface area contributed by atoms with Gasteiger partial charge in [-0.15, -0.1) is 0 Å². The number of β-lactam (4-membered cyclic amide) rings is 1. The Kier molecular flexibility index (Phi) is 4.09. The van der Waals surface area contributed by atoms with Crippen LogP contribution in [0.1, 0.15) is 33.0 Å². The molecule has 1 atom stereocenters. The van der Waals surface area contributed by atoms with Gasteiger partial charge in [0.15, 0.2) is 5.82 Å². The molecular formula is C17H18ClN3O3. The smallest absolute Gasteiger partial charge is 0.249 e. The molecule has 7 heteroatoms. The maximum atomic E-state index is 12.4. The number of aromatic nitrogens is 1. The first kappa shape index (κ1) is 16.5. The summed E-state index contributed by atoms with van der Waals surface area (Å²) in [6.07, 6.45) is 0.165. The van der Waals surface area contributed by atoms with Gasteiger partial charge in [-0.3, -0.25) is 14.5 Å². The molecule has 1 aromatic carbocycles. The molecule has 126 valence electrons. The molecule has 0 saturated carbocycles. The van der Waals surface area contributed by atoms with E-state index in [9.17, 15) is 9.59 Å². The largest absolute Gasteiger partial charge is 0.359 e. The monoisotopic (exact) mass is 347 g/mol. The van der Waals surface area contributed by atoms with Crippen LogP contribution in [0.5, 0.6) is 0 Å². The number of hydrogen-bond donors (Lipinski definition) is 1. The third kappa shape index (κ3) is 3.14. The molecule has 6 nitrogen and oxygen atoms in total. The summed E-state index contributed by atoms with van der Waals surface area (Å²) in [7, 11) is 0. The Morgan fingerprint density at radius 1 is 1.33 bits per heavy atom. The molecular weight excluding hydrogens is 330 g/mol. The second kappa shape index (κ2) is 5.94. The Balaban J connectivity index is 1.72. The third-order valence-corrected chi connectivity index (χ3v) is 4.11. The van der Waals surface area contributed by atoms with E-state index < -0.39 is 6.04 Å². The SMILES string of the molecule is CC(C)(C)c1cc(NC(=O)C2CC(=O)N2c2ccc(Cl)cc2)no1. The highest BCUT2D eigenvalue weighted by Crippen LogP contribution is 2.30. The molecule has 0 spiro atoms. The molecule has 3 rings (SSSR count). The van der Waals surface area contributed by atoms with Crippen molar-refractivity contribution in [2.45, 2.75) is 38.6 Å². The molecule has 1 aliphatic rings. The summed E-state index contributed by atoms with van der Waals surface area (Å²) in [6.45, 7) is 5.98. The number of amides is 2. The Morgan fingerprint density at radius 3 is 2.54 bits per heavy atom. The molecule has 0 bridgehead atoms. The molecule has 2 heterocycles. The first-order valence-corrected chi connectivity index (χ1v) is 7.99. The van der Waals surface area contributed by atoms with Crippen molar-refractivity contribution in [1.29, 1.82) is 0 Å². The van der Waals surface area contributed by atoms with Crippen molar-refractivity contribution < 1.29 is 14.1 Å². The van der Waals surface area contributed by atoms with Crippen LogP contribution in [0.3, 0.4) is 0 Å². The Bertz CT molecular complexity index is 777. The first-order chi connectivity index (χ1) is 11.3. The van der Waals surface area contributed by atoms with Crippen LogP contribution in [-0.2, 0) is 15.0 Å². The molecule has 1 N–H and O–H groups in total. The third-order valence-electron chi connectivity index (χ3n) is 3.86. The maximum absolute atomic E-state index is 12.4. The van der Waals surface area contributed by atoms with Crippen LogP contribution in [-0.4, -0.2) is 23.0 Å². The fraction of sp³-hybridized carbons (Fsp3) is 0.353. The van der Waals surface area contributed by atoms with E-state index >= 15 is 0 Å². The van der Waals surface area contributed by atoms with E-state index in [1.54, 1.807) is 30.3 Å². The van der Waals surface area contributed by atoms with Crippen LogP contribution in [0.15, 0.2) is 34.9 Å². The minimum atomic E-state index is -0.562. The van der Waals surface area contributed by atoms with Crippen LogP contribution in [0.25, 0.3) is 0 Å². The molecule has 1 aromatic heterocycles. The fourth-order valence-electron chi connectivity index (χ4n) is 2.45. The van der Waals surface area contributed by atoms with Crippen LogP contribution in [0.2, 0.25) is 5.02 Å². The molecule has 24 heavy (non-hydrogen) atoms. The van der Waals surface area contributed by atoms with Crippen LogP contribution < -0.4 is 10.2 Å². The van der Waals surface area contributed by atoms with Gasteiger partial charge in [0.2, 0.25) is 11.8 Å². The van der Waals surface area contributed by atoms with Gasteiger partial charge in [0, 0.05) is 22.2 Å². The lowest BCUT2D eigenvalue weighted by Crippen LogP contribution is -2.58. The predicted octanol–water partition coefficient (Wildman–Crippen LogP) is 3.37. The minimum Gasteiger partial charge on any atom is -0.359 e. The van der Waals surface area contributed by atoms with E-state index in [0.717, 1.165) is 0 Å². The lowest BCUT2D eigenvalue weighted by molar-refractivity contribution is -0.131. The Hall–Kier alpha value is -2.34. The number of carbonyl (C=O) groups is 2. The molecule has 0 radical (unpaired) electrons. The summed E-state index contributed by atoms with van der Waals surface area (Å²) < 4.78 is 5.25. The normalized spacial score (nSPS) is 17.6. The van der Waals surface area contributed by atoms with E-state index in [4.69, 9.17) is 16.1 Å². The van der Waals surface area contributed by atoms with Crippen molar-refractivity contribution in [2.24, 2.45) is 0 Å². The highest BCUT2D eigenvalue weighted by Gasteiger charge is 2.42. The number of hydrogen-bond acceptors (Lipinski definition) is 4. The van der Waals surface area contributed by atoms with Crippen molar-refractivity contribution in [1.82, 2.24) is 5.16 Å². The standard InChI is InChI=1S/C17H18ClN3O3/c1-17(2,3)13-9-14(20-24-13)19-16(23)12-8-15(22)21(12)11-6-4-10(18)5-7-11/h4-7,9,12H,8H2,1-3H3,(H,19,20,23). The highest BCUT2D eigenvalue weighted by molar-refractivity contribution is 6.30. The summed E-state index contributed by atoms with van der Waals surface area (Å²) in [5, 5.41) is 7.14. The van der Waals surface area contributed by atoms with Gasteiger partial charge >= 0.3 is 0 Å². The highest BCUT2D eigenvalue weighted by atomic mass is 35.5. The average molecular weight is 348 g/mol. The number of nitrogens with one attached hydrogen (secondary N) is 1. The first-order valence-electron chi connectivity index (χ1n) is 7.61.